The number of rotatable bonds is 17. The standard InChI is InChI=1S/C18H32N8O9/c19-8(6-12(20)28)14(31)24-9(3-4-13(29)30)15(32)26-11(7-27)16(33)25-10(17(34)35)2-1-5-23-18(21)22/h8-11,27H,1-7,19H2,(H2,20,28)(H,24,31)(H,25,33)(H,26,32)(H,29,30)(H,34,35)(H4,21,22,23). The summed E-state index contributed by atoms with van der Waals surface area (Å²) in [5, 5.41) is 34.1. The molecule has 0 bridgehead atoms. The van der Waals surface area contributed by atoms with Crippen molar-refractivity contribution in [3.63, 3.8) is 0 Å². The van der Waals surface area contributed by atoms with Gasteiger partial charge in [-0.1, -0.05) is 0 Å². The first-order chi connectivity index (χ1) is 16.3. The summed E-state index contributed by atoms with van der Waals surface area (Å²) in [6.45, 7) is -0.844. The Kier molecular flexibility index (Phi) is 14.0. The van der Waals surface area contributed by atoms with E-state index in [-0.39, 0.29) is 25.3 Å². The quantitative estimate of drug-likeness (QED) is 0.0504. The van der Waals surface area contributed by atoms with Crippen molar-refractivity contribution < 1.29 is 44.1 Å². The van der Waals surface area contributed by atoms with Crippen molar-refractivity contribution in [1.82, 2.24) is 16.0 Å². The van der Waals surface area contributed by atoms with Gasteiger partial charge in [0.2, 0.25) is 23.6 Å². The minimum absolute atomic E-state index is 0.0704. The van der Waals surface area contributed by atoms with Crippen LogP contribution in [0.3, 0.4) is 0 Å². The number of nitrogens with two attached hydrogens (primary N) is 4. The number of primary amides is 1. The Hall–Kier alpha value is -3.99. The maximum absolute atomic E-state index is 12.6. The molecule has 198 valence electrons. The van der Waals surface area contributed by atoms with E-state index >= 15 is 0 Å². The highest BCUT2D eigenvalue weighted by atomic mass is 16.4. The summed E-state index contributed by atoms with van der Waals surface area (Å²) < 4.78 is 0. The van der Waals surface area contributed by atoms with Crippen LogP contribution in [-0.2, 0) is 28.8 Å². The highest BCUT2D eigenvalue weighted by molar-refractivity contribution is 5.95. The predicted octanol–water partition coefficient (Wildman–Crippen LogP) is -5.36. The minimum Gasteiger partial charge on any atom is -0.481 e. The van der Waals surface area contributed by atoms with E-state index in [9.17, 15) is 39.0 Å². The monoisotopic (exact) mass is 504 g/mol. The molecule has 0 aromatic rings. The number of aliphatic hydroxyl groups excluding tert-OH is 1. The maximum Gasteiger partial charge on any atom is 0.326 e. The molecule has 4 unspecified atom stereocenters. The number of guanidine groups is 1. The van der Waals surface area contributed by atoms with Crippen LogP contribution in [0.25, 0.3) is 0 Å². The summed E-state index contributed by atoms with van der Waals surface area (Å²) in [6, 6.07) is -5.95. The number of aliphatic hydroxyl groups is 1. The number of carbonyl (C=O) groups excluding carboxylic acids is 4. The highest BCUT2D eigenvalue weighted by Gasteiger charge is 2.30. The van der Waals surface area contributed by atoms with E-state index in [0.29, 0.717) is 0 Å². The molecule has 4 amide bonds. The number of hydrogen-bond donors (Lipinski definition) is 10. The number of amides is 4. The van der Waals surface area contributed by atoms with Crippen LogP contribution in [-0.4, -0.2) is 94.2 Å². The van der Waals surface area contributed by atoms with E-state index in [2.05, 4.69) is 20.9 Å². The van der Waals surface area contributed by atoms with Crippen LogP contribution in [0, 0.1) is 0 Å². The maximum atomic E-state index is 12.6. The number of nitrogens with zero attached hydrogens (tertiary/aromatic N) is 1. The molecular weight excluding hydrogens is 472 g/mol. The first kappa shape index (κ1) is 31.0. The second-order valence-corrected chi connectivity index (χ2v) is 7.36. The zero-order valence-electron chi connectivity index (χ0n) is 18.8. The lowest BCUT2D eigenvalue weighted by molar-refractivity contribution is -0.142. The summed E-state index contributed by atoms with van der Waals surface area (Å²) in [7, 11) is 0. The van der Waals surface area contributed by atoms with Crippen LogP contribution in [0.5, 0.6) is 0 Å². The van der Waals surface area contributed by atoms with Gasteiger partial charge in [0.1, 0.15) is 18.1 Å². The molecule has 0 aromatic carbocycles. The molecule has 0 radical (unpaired) electrons. The van der Waals surface area contributed by atoms with Crippen LogP contribution < -0.4 is 38.9 Å². The zero-order chi connectivity index (χ0) is 27.1. The second-order valence-electron chi connectivity index (χ2n) is 7.36. The molecule has 0 aliphatic heterocycles. The van der Waals surface area contributed by atoms with Crippen LogP contribution in [0.2, 0.25) is 0 Å². The lowest BCUT2D eigenvalue weighted by atomic mass is 10.1. The fourth-order valence-electron chi connectivity index (χ4n) is 2.62. The first-order valence-electron chi connectivity index (χ1n) is 10.3. The SMILES string of the molecule is NC(=O)CC(N)C(=O)NC(CCC(=O)O)C(=O)NC(CO)C(=O)NC(CCCN=C(N)N)C(=O)O. The lowest BCUT2D eigenvalue weighted by Gasteiger charge is -2.24. The molecule has 0 heterocycles. The van der Waals surface area contributed by atoms with Gasteiger partial charge in [0.15, 0.2) is 5.96 Å². The molecule has 0 spiro atoms. The van der Waals surface area contributed by atoms with Crippen molar-refractivity contribution >= 4 is 41.5 Å². The molecule has 17 heteroatoms. The van der Waals surface area contributed by atoms with E-state index in [1.54, 1.807) is 0 Å². The lowest BCUT2D eigenvalue weighted by Crippen LogP contribution is -2.58. The Morgan fingerprint density at radius 3 is 1.83 bits per heavy atom. The van der Waals surface area contributed by atoms with Crippen LogP contribution >= 0.6 is 0 Å². The van der Waals surface area contributed by atoms with Gasteiger partial charge in [-0.2, -0.15) is 0 Å². The third-order valence-corrected chi connectivity index (χ3v) is 4.41. The van der Waals surface area contributed by atoms with E-state index in [0.717, 1.165) is 0 Å². The Bertz CT molecular complexity index is 816. The fourth-order valence-corrected chi connectivity index (χ4v) is 2.62. The predicted molar refractivity (Wildman–Crippen MR) is 119 cm³/mol. The van der Waals surface area contributed by atoms with E-state index in [1.807, 2.05) is 0 Å². The average Bonchev–Trinajstić information content (AvgIpc) is 2.75. The van der Waals surface area contributed by atoms with Crippen molar-refractivity contribution in [3.8, 4) is 0 Å². The molecule has 4 atom stereocenters. The average molecular weight is 505 g/mol. The first-order valence-corrected chi connectivity index (χ1v) is 10.3. The summed E-state index contributed by atoms with van der Waals surface area (Å²) >= 11 is 0. The summed E-state index contributed by atoms with van der Waals surface area (Å²) in [5.41, 5.74) is 20.8. The zero-order valence-corrected chi connectivity index (χ0v) is 18.8. The largest absolute Gasteiger partial charge is 0.481 e. The van der Waals surface area contributed by atoms with Crippen molar-refractivity contribution in [2.24, 2.45) is 27.9 Å². The van der Waals surface area contributed by atoms with Crippen LogP contribution in [0.15, 0.2) is 4.99 Å². The van der Waals surface area contributed by atoms with Gasteiger partial charge in [-0.15, -0.1) is 0 Å². The molecule has 35 heavy (non-hydrogen) atoms. The Morgan fingerprint density at radius 1 is 0.800 bits per heavy atom. The van der Waals surface area contributed by atoms with Gasteiger partial charge in [0.25, 0.3) is 0 Å². The normalized spacial score (nSPS) is 13.9. The molecule has 0 fully saturated rings. The Morgan fingerprint density at radius 2 is 1.34 bits per heavy atom. The Labute approximate surface area is 199 Å². The number of aliphatic carboxylic acids is 2. The molecule has 0 saturated carbocycles. The van der Waals surface area contributed by atoms with E-state index < -0.39 is 85.6 Å². The number of carbonyl (C=O) groups is 6. The molecule has 17 nitrogen and oxygen atoms in total. The van der Waals surface area contributed by atoms with Gasteiger partial charge in [0, 0.05) is 13.0 Å². The number of aliphatic imine (C=N–C) groups is 1. The molecule has 0 aliphatic rings. The number of carboxylic acids is 2. The van der Waals surface area contributed by atoms with Gasteiger partial charge in [-0.05, 0) is 19.3 Å². The topological polar surface area (TPSA) is 316 Å². The highest BCUT2D eigenvalue weighted by Crippen LogP contribution is 2.03. The number of nitrogens with one attached hydrogen (secondary N) is 3. The van der Waals surface area contributed by atoms with Crippen molar-refractivity contribution in [3.05, 3.63) is 0 Å². The van der Waals surface area contributed by atoms with Gasteiger partial charge >= 0.3 is 11.9 Å². The molecule has 14 N–H and O–H groups in total. The van der Waals surface area contributed by atoms with Gasteiger partial charge in [-0.25, -0.2) is 4.79 Å². The summed E-state index contributed by atoms with van der Waals surface area (Å²) in [6.07, 6.45) is -1.39. The number of hydrogen-bond acceptors (Lipinski definition) is 9. The van der Waals surface area contributed by atoms with Crippen molar-refractivity contribution in [2.75, 3.05) is 13.2 Å². The van der Waals surface area contributed by atoms with Crippen molar-refractivity contribution in [1.29, 1.82) is 0 Å². The van der Waals surface area contributed by atoms with Crippen molar-refractivity contribution in [2.45, 2.75) is 56.3 Å². The molecular formula is C18H32N8O9. The van der Waals surface area contributed by atoms with Gasteiger partial charge < -0.3 is 54.2 Å². The third kappa shape index (κ3) is 13.3. The number of carboxylic acid groups (broad SMARTS) is 2. The molecule has 0 aliphatic carbocycles. The third-order valence-electron chi connectivity index (χ3n) is 4.41. The Balaban J connectivity index is 5.27. The van der Waals surface area contributed by atoms with Gasteiger partial charge in [0.05, 0.1) is 19.1 Å². The minimum atomic E-state index is -1.63. The summed E-state index contributed by atoms with van der Waals surface area (Å²) in [5.74, 6) is -6.85. The van der Waals surface area contributed by atoms with E-state index in [1.165, 1.54) is 0 Å². The van der Waals surface area contributed by atoms with Crippen LogP contribution in [0.4, 0.5) is 0 Å². The summed E-state index contributed by atoms with van der Waals surface area (Å²) in [4.78, 5) is 74.1. The second kappa shape index (κ2) is 15.8. The molecule has 0 rings (SSSR count). The van der Waals surface area contributed by atoms with E-state index in [4.69, 9.17) is 28.0 Å². The fraction of sp³-hybridized carbons (Fsp3) is 0.611. The smallest absolute Gasteiger partial charge is 0.326 e. The molecule has 0 aromatic heterocycles. The van der Waals surface area contributed by atoms with Crippen LogP contribution in [0.1, 0.15) is 32.1 Å². The molecule has 0 saturated heterocycles. The van der Waals surface area contributed by atoms with Gasteiger partial charge in [-0.3, -0.25) is 29.0 Å².